The summed E-state index contributed by atoms with van der Waals surface area (Å²) < 4.78 is 52.6. The third kappa shape index (κ3) is 23.0. The molecule has 19 heteroatoms. The first-order chi connectivity index (χ1) is 58.6. The van der Waals surface area contributed by atoms with Crippen LogP contribution in [0, 0.1) is 20.8 Å². The third-order valence-corrected chi connectivity index (χ3v) is 24.1. The Hall–Kier alpha value is -11.3. The van der Waals surface area contributed by atoms with Crippen molar-refractivity contribution in [2.24, 2.45) is 0 Å². The molecule has 0 radical (unpaired) electrons. The number of unbranched alkanes of at least 4 members (excludes halogenated alkanes) is 3. The second-order valence-electron chi connectivity index (χ2n) is 31.7. The number of carbonyl (C=O) groups is 6. The van der Waals surface area contributed by atoms with E-state index in [9.17, 15) is 39.0 Å². The Morgan fingerprint density at radius 1 is 0.383 bits per heavy atom. The number of hydrogen-bond acceptors (Lipinski definition) is 17. The second-order valence-corrected chi connectivity index (χ2v) is 31.7. The van der Waals surface area contributed by atoms with Gasteiger partial charge in [0.1, 0.15) is 66.4 Å². The van der Waals surface area contributed by atoms with Crippen molar-refractivity contribution in [2.75, 3.05) is 53.7 Å². The summed E-state index contributed by atoms with van der Waals surface area (Å²) in [6, 6.07) is 55.1. The molecule has 2 fully saturated rings. The summed E-state index contributed by atoms with van der Waals surface area (Å²) in [5, 5.41) is 19.8. The number of esters is 2. The van der Waals surface area contributed by atoms with Crippen LogP contribution in [0.4, 0.5) is 0 Å². The predicted molar refractivity (Wildman–Crippen MR) is 464 cm³/mol. The molecule has 2 N–H and O–H groups in total. The van der Waals surface area contributed by atoms with Crippen LogP contribution in [0.25, 0.3) is 33.4 Å². The number of hydrogen-bond donors (Lipinski definition) is 2. The van der Waals surface area contributed by atoms with Crippen LogP contribution in [-0.4, -0.2) is 122 Å². The summed E-state index contributed by atoms with van der Waals surface area (Å²) in [4.78, 5) is 73.6. The van der Waals surface area contributed by atoms with Crippen LogP contribution in [0.2, 0.25) is 0 Å². The summed E-state index contributed by atoms with van der Waals surface area (Å²) >= 11 is 0. The normalized spacial score (nSPS) is 15.2. The molecule has 2 heterocycles. The minimum absolute atomic E-state index is 0.217. The van der Waals surface area contributed by atoms with E-state index in [2.05, 4.69) is 151 Å². The fraction of sp³-hybridized carbons (Fsp3) is 0.406. The molecule has 0 saturated carbocycles. The first kappa shape index (κ1) is 88.0. The van der Waals surface area contributed by atoms with E-state index in [0.29, 0.717) is 128 Å². The van der Waals surface area contributed by atoms with Crippen LogP contribution < -0.4 is 28.4 Å². The molecule has 0 bridgehead atoms. The van der Waals surface area contributed by atoms with E-state index in [1.54, 1.807) is 0 Å². The topological polar surface area (TPSA) is 232 Å². The van der Waals surface area contributed by atoms with Crippen LogP contribution in [-0.2, 0) is 110 Å². The second kappa shape index (κ2) is 44.7. The maximum atomic E-state index is 12.1. The minimum Gasteiger partial charge on any atom is -0.493 e. The highest BCUT2D eigenvalue weighted by Gasteiger charge is 2.35. The van der Waals surface area contributed by atoms with E-state index in [1.807, 2.05) is 48.5 Å². The van der Waals surface area contributed by atoms with Gasteiger partial charge in [0, 0.05) is 55.3 Å². The monoisotopic (exact) mass is 1630 g/mol. The smallest absolute Gasteiger partial charge is 0.320 e. The van der Waals surface area contributed by atoms with Crippen LogP contribution in [0.1, 0.15) is 197 Å². The van der Waals surface area contributed by atoms with E-state index < -0.39 is 24.0 Å². The van der Waals surface area contributed by atoms with E-state index in [1.165, 1.54) is 86.5 Å². The lowest BCUT2D eigenvalue weighted by atomic mass is 9.96. The molecular weight excluding hydrogens is 1510 g/mol. The maximum absolute atomic E-state index is 12.1. The van der Waals surface area contributed by atoms with Gasteiger partial charge in [0.05, 0.1) is 46.2 Å². The van der Waals surface area contributed by atoms with E-state index in [-0.39, 0.29) is 11.9 Å². The van der Waals surface area contributed by atoms with Gasteiger partial charge in [-0.25, -0.2) is 0 Å². The zero-order valence-electron chi connectivity index (χ0n) is 70.4. The summed E-state index contributed by atoms with van der Waals surface area (Å²) in [6.45, 7) is 12.6. The average Bonchev–Trinajstić information content (AvgIpc) is 1.55. The highest BCUT2D eigenvalue weighted by molar-refractivity contribution is 5.84. The van der Waals surface area contributed by atoms with E-state index in [0.717, 1.165) is 183 Å². The molecule has 9 aromatic carbocycles. The van der Waals surface area contributed by atoms with Crippen molar-refractivity contribution < 1.29 is 81.6 Å². The van der Waals surface area contributed by atoms with Gasteiger partial charge in [0.2, 0.25) is 0 Å². The molecule has 0 amide bonds. The molecular formula is C101H116N2O17. The molecule has 19 nitrogen and oxygen atoms in total. The van der Waals surface area contributed by atoms with Gasteiger partial charge < -0.3 is 52.8 Å². The van der Waals surface area contributed by atoms with Gasteiger partial charge in [0.15, 0.2) is 6.29 Å². The number of carboxylic acids is 2. The zero-order chi connectivity index (χ0) is 84.1. The van der Waals surface area contributed by atoms with Crippen molar-refractivity contribution in [3.63, 3.8) is 0 Å². The number of ether oxygens (including phenoxy) is 9. The molecule has 14 rings (SSSR count). The van der Waals surface area contributed by atoms with Crippen molar-refractivity contribution in [1.82, 2.24) is 9.80 Å². The molecule has 3 aliphatic carbocycles. The summed E-state index contributed by atoms with van der Waals surface area (Å²) in [5.41, 5.74) is 24.1. The Kier molecular flexibility index (Phi) is 32.8. The Morgan fingerprint density at radius 2 is 0.733 bits per heavy atom. The SMILES string of the molecule is COC(=O)CCCCOc1cc(OCc2cccc(-c3ccccc3)c2C)c2c(c1C=O)CCC2.COC(=O)CCCCOc1cc(OCc2cccc(-c3ccccc3)c2C)c2c(c1CN1CCCC[C@H]1C(=O)O)CCC2.Cc1c(COc2cc(OCCCCOC=O)c(CN3CCCC[C@H]3C(=O)O)c3c2CCC3)cccc1-c1ccccc1. The molecule has 0 spiro atoms. The van der Waals surface area contributed by atoms with Crippen molar-refractivity contribution in [2.45, 2.75) is 213 Å². The Morgan fingerprint density at radius 3 is 1.11 bits per heavy atom. The van der Waals surface area contributed by atoms with Gasteiger partial charge >= 0.3 is 23.9 Å². The minimum atomic E-state index is -0.755. The third-order valence-electron chi connectivity index (χ3n) is 24.1. The quantitative estimate of drug-likeness (QED) is 0.0158. The molecule has 2 saturated heterocycles. The summed E-state index contributed by atoms with van der Waals surface area (Å²) in [6.07, 6.45) is 19.6. The first-order valence-corrected chi connectivity index (χ1v) is 42.9. The lowest BCUT2D eigenvalue weighted by Crippen LogP contribution is -2.44. The zero-order valence-corrected chi connectivity index (χ0v) is 70.4. The lowest BCUT2D eigenvalue weighted by Gasteiger charge is -2.34. The average molecular weight is 1630 g/mol. The molecule has 2 aliphatic heterocycles. The number of aliphatic carboxylic acids is 2. The summed E-state index contributed by atoms with van der Waals surface area (Å²) in [7, 11) is 2.79. The van der Waals surface area contributed by atoms with Crippen molar-refractivity contribution in [3.05, 3.63) is 247 Å². The van der Waals surface area contributed by atoms with Crippen molar-refractivity contribution in [3.8, 4) is 67.9 Å². The molecule has 0 aromatic heterocycles. The molecule has 632 valence electrons. The highest BCUT2D eigenvalue weighted by Crippen LogP contribution is 2.45. The van der Waals surface area contributed by atoms with Crippen LogP contribution >= 0.6 is 0 Å². The lowest BCUT2D eigenvalue weighted by molar-refractivity contribution is -0.145. The summed E-state index contributed by atoms with van der Waals surface area (Å²) in [5.74, 6) is 2.63. The van der Waals surface area contributed by atoms with Gasteiger partial charge in [-0.1, -0.05) is 158 Å². The first-order valence-electron chi connectivity index (χ1n) is 42.9. The predicted octanol–water partition coefficient (Wildman–Crippen LogP) is 19.7. The van der Waals surface area contributed by atoms with E-state index >= 15 is 0 Å². The van der Waals surface area contributed by atoms with E-state index in [4.69, 9.17) is 37.9 Å². The number of carboxylic acid groups (broad SMARTS) is 2. The number of rotatable bonds is 38. The molecule has 9 aromatic rings. The number of fused-ring (bicyclic) bond motifs is 3. The number of aldehydes is 1. The van der Waals surface area contributed by atoms with Crippen LogP contribution in [0.3, 0.4) is 0 Å². The fourth-order valence-electron chi connectivity index (χ4n) is 17.5. The van der Waals surface area contributed by atoms with Gasteiger partial charge in [-0.15, -0.1) is 0 Å². The Bertz CT molecular complexity index is 4950. The number of carbonyl (C=O) groups excluding carboxylic acids is 4. The van der Waals surface area contributed by atoms with Crippen molar-refractivity contribution in [1.29, 1.82) is 0 Å². The standard InChI is InChI=1S/C36H43NO6.C35H41NO6.C30H32O5/c1-25-27(14-10-15-28(25)26-12-4-3-5-13-26)24-43-33-22-34(42-21-9-7-19-35(38)41-2)31(29-16-11-17-30(29)33)23-37-20-8-6-18-32(37)36(39)40;1-25-27(13-9-14-28(25)26-11-3-2-4-12-26)23-42-33-21-34(41-20-8-7-19-40-24-37)31(29-15-10-16-30(29)33)22-36-18-6-5-17-32(36)35(38)39;1-21-23(12-8-13-24(21)22-10-4-3-5-11-22)20-35-28-18-29(34-17-7-6-16-30(32)33-2)27(19-31)25-14-9-15-26(25)28/h3-5,10,12-15,22,32H,6-9,11,16-21,23-24H2,1-2H3,(H,39,40);2-4,9,11-14,21,24,32H,5-8,10,15-20,22-23H2,1H3,(H,38,39);3-5,8,10-13,18-19H,6-7,9,14-17,20H2,1-2H3/t2*32-;/m00./s1. The Balaban J connectivity index is 0.000000166. The number of benzene rings is 9. The van der Waals surface area contributed by atoms with Gasteiger partial charge in [-0.05, 0) is 256 Å². The molecule has 2 atom stereocenters. The maximum Gasteiger partial charge on any atom is 0.320 e. The van der Waals surface area contributed by atoms with Crippen LogP contribution in [0.15, 0.2) is 164 Å². The number of piperidine rings is 2. The van der Waals surface area contributed by atoms with Crippen LogP contribution in [0.5, 0.6) is 34.5 Å². The molecule has 0 unspecified atom stereocenters. The number of nitrogens with zero attached hydrogens (tertiary/aromatic N) is 2. The largest absolute Gasteiger partial charge is 0.493 e. The molecule has 5 aliphatic rings. The van der Waals surface area contributed by atoms with Gasteiger partial charge in [-0.3, -0.25) is 38.6 Å². The van der Waals surface area contributed by atoms with Crippen molar-refractivity contribution >= 4 is 36.6 Å². The number of likely N-dealkylation sites (tertiary alicyclic amines) is 2. The number of methoxy groups -OCH3 is 2. The van der Waals surface area contributed by atoms with Gasteiger partial charge in [0.25, 0.3) is 6.47 Å². The van der Waals surface area contributed by atoms with Gasteiger partial charge in [-0.2, -0.15) is 0 Å². The highest BCUT2D eigenvalue weighted by atomic mass is 16.5. The Labute approximate surface area is 706 Å². The fourth-order valence-corrected chi connectivity index (χ4v) is 17.5. The molecule has 120 heavy (non-hydrogen) atoms.